The Labute approximate surface area is 189 Å². The predicted octanol–water partition coefficient (Wildman–Crippen LogP) is 3.80. The summed E-state index contributed by atoms with van der Waals surface area (Å²) in [5.74, 6) is 3.80. The number of nitrogens with zero attached hydrogens (tertiary/aromatic N) is 7. The molecule has 10 heteroatoms. The van der Waals surface area contributed by atoms with Crippen LogP contribution in [0.4, 0.5) is 0 Å². The predicted molar refractivity (Wildman–Crippen MR) is 119 cm³/mol. The van der Waals surface area contributed by atoms with E-state index in [4.69, 9.17) is 9.47 Å². The van der Waals surface area contributed by atoms with E-state index in [1.54, 1.807) is 11.8 Å². The Morgan fingerprint density at radius 1 is 1.00 bits per heavy atom. The number of aromatic nitrogens is 7. The van der Waals surface area contributed by atoms with Crippen LogP contribution in [0.15, 0.2) is 53.7 Å². The van der Waals surface area contributed by atoms with Gasteiger partial charge >= 0.3 is 0 Å². The Balaban J connectivity index is 1.42. The molecule has 0 amide bonds. The Bertz CT molecular complexity index is 1190. The third-order valence-electron chi connectivity index (χ3n) is 5.19. The minimum atomic E-state index is 0.258. The lowest BCUT2D eigenvalue weighted by molar-refractivity contribution is 0.174. The molecule has 0 unspecified atom stereocenters. The molecule has 0 atom stereocenters. The quantitative estimate of drug-likeness (QED) is 0.356. The van der Waals surface area contributed by atoms with Crippen molar-refractivity contribution >= 4 is 11.8 Å². The summed E-state index contributed by atoms with van der Waals surface area (Å²) in [5, 5.41) is 22.0. The van der Waals surface area contributed by atoms with Crippen LogP contribution in [0.3, 0.4) is 0 Å². The fourth-order valence-electron chi connectivity index (χ4n) is 3.50. The second kappa shape index (κ2) is 9.39. The number of ether oxygens (including phenoxy) is 2. The molecule has 0 saturated heterocycles. The molecule has 2 aromatic heterocycles. The average molecular weight is 450 g/mol. The second-order valence-corrected chi connectivity index (χ2v) is 8.35. The number of tetrazole rings is 1. The highest BCUT2D eigenvalue weighted by molar-refractivity contribution is 7.98. The van der Waals surface area contributed by atoms with Crippen LogP contribution in [0.5, 0.6) is 11.5 Å². The van der Waals surface area contributed by atoms with Crippen molar-refractivity contribution in [3.63, 3.8) is 0 Å². The summed E-state index contributed by atoms with van der Waals surface area (Å²) in [6.45, 7) is 3.84. The van der Waals surface area contributed by atoms with Crippen LogP contribution in [0.2, 0.25) is 0 Å². The van der Waals surface area contributed by atoms with Gasteiger partial charge in [0.15, 0.2) is 28.3 Å². The Hall–Kier alpha value is -3.40. The third-order valence-corrected chi connectivity index (χ3v) is 6.15. The first-order chi connectivity index (χ1) is 15.8. The van der Waals surface area contributed by atoms with Gasteiger partial charge in [-0.05, 0) is 34.5 Å². The molecule has 0 spiro atoms. The van der Waals surface area contributed by atoms with Crippen LogP contribution in [0.25, 0.3) is 11.4 Å². The van der Waals surface area contributed by atoms with Crippen molar-refractivity contribution < 1.29 is 9.47 Å². The van der Waals surface area contributed by atoms with E-state index in [1.165, 1.54) is 0 Å². The van der Waals surface area contributed by atoms with E-state index >= 15 is 0 Å². The number of thioether (sulfide) groups is 1. The summed E-state index contributed by atoms with van der Waals surface area (Å²) < 4.78 is 15.0. The molecular weight excluding hydrogens is 426 g/mol. The summed E-state index contributed by atoms with van der Waals surface area (Å²) in [7, 11) is 0. The zero-order valence-corrected chi connectivity index (χ0v) is 18.5. The van der Waals surface area contributed by atoms with Crippen molar-refractivity contribution in [2.45, 2.75) is 43.8 Å². The Morgan fingerprint density at radius 2 is 1.88 bits per heavy atom. The lowest BCUT2D eigenvalue weighted by atomic mass is 10.2. The van der Waals surface area contributed by atoms with Crippen molar-refractivity contribution in [3.05, 3.63) is 59.9 Å². The minimum Gasteiger partial charge on any atom is -0.454 e. The first-order valence-electron chi connectivity index (χ1n) is 10.6. The zero-order chi connectivity index (χ0) is 21.8. The van der Waals surface area contributed by atoms with E-state index in [-0.39, 0.29) is 6.79 Å². The minimum absolute atomic E-state index is 0.258. The van der Waals surface area contributed by atoms with Crippen LogP contribution in [0.1, 0.15) is 31.2 Å². The van der Waals surface area contributed by atoms with E-state index in [2.05, 4.69) is 37.2 Å². The Kier molecular flexibility index (Phi) is 6.02. The van der Waals surface area contributed by atoms with E-state index < -0.39 is 0 Å². The third kappa shape index (κ3) is 4.31. The number of rotatable bonds is 9. The van der Waals surface area contributed by atoms with Crippen LogP contribution < -0.4 is 9.47 Å². The van der Waals surface area contributed by atoms with E-state index in [0.717, 1.165) is 58.8 Å². The number of benzene rings is 2. The lowest BCUT2D eigenvalue weighted by Crippen LogP contribution is -2.07. The maximum absolute atomic E-state index is 5.55. The summed E-state index contributed by atoms with van der Waals surface area (Å²) in [6, 6.07) is 16.1. The highest BCUT2D eigenvalue weighted by Gasteiger charge is 2.18. The SMILES string of the molecule is CCCCn1nnnc1CSc1nnc(-c2ccccc2)n1Cc1ccc2c(c1)OCO2. The second-order valence-electron chi connectivity index (χ2n) is 7.41. The topological polar surface area (TPSA) is 92.8 Å². The standard InChI is InChI=1S/C22H23N7O2S/c1-2-3-11-29-20(23-26-27-29)14-32-22-25-24-21(17-7-5-4-6-8-17)28(22)13-16-9-10-18-19(12-16)31-15-30-18/h4-10,12H,2-3,11,13-15H2,1H3. The first kappa shape index (κ1) is 20.5. The smallest absolute Gasteiger partial charge is 0.231 e. The largest absolute Gasteiger partial charge is 0.454 e. The van der Waals surface area contributed by atoms with Crippen molar-refractivity contribution in [2.24, 2.45) is 0 Å². The van der Waals surface area contributed by atoms with Crippen LogP contribution in [-0.4, -0.2) is 41.8 Å². The van der Waals surface area contributed by atoms with Crippen LogP contribution in [-0.2, 0) is 18.8 Å². The molecule has 9 nitrogen and oxygen atoms in total. The maximum Gasteiger partial charge on any atom is 0.231 e. The fraction of sp³-hybridized carbons (Fsp3) is 0.318. The molecule has 0 aliphatic carbocycles. The molecule has 5 rings (SSSR count). The van der Waals surface area contributed by atoms with Crippen molar-refractivity contribution in [3.8, 4) is 22.9 Å². The fourth-order valence-corrected chi connectivity index (χ4v) is 4.37. The molecule has 2 aromatic carbocycles. The number of hydrogen-bond acceptors (Lipinski definition) is 8. The van der Waals surface area contributed by atoms with Gasteiger partial charge in [0.05, 0.1) is 12.3 Å². The monoisotopic (exact) mass is 449 g/mol. The van der Waals surface area contributed by atoms with Gasteiger partial charge in [-0.1, -0.05) is 61.5 Å². The molecule has 0 bridgehead atoms. The number of hydrogen-bond donors (Lipinski definition) is 0. The van der Waals surface area contributed by atoms with Crippen molar-refractivity contribution in [1.29, 1.82) is 0 Å². The van der Waals surface area contributed by atoms with Crippen molar-refractivity contribution in [1.82, 2.24) is 35.0 Å². The van der Waals surface area contributed by atoms with Gasteiger partial charge in [0.1, 0.15) is 0 Å². The molecule has 32 heavy (non-hydrogen) atoms. The molecular formula is C22H23N7O2S. The highest BCUT2D eigenvalue weighted by atomic mass is 32.2. The highest BCUT2D eigenvalue weighted by Crippen LogP contribution is 2.34. The normalized spacial score (nSPS) is 12.4. The van der Waals surface area contributed by atoms with Gasteiger partial charge in [0, 0.05) is 12.1 Å². The molecule has 1 aliphatic rings. The van der Waals surface area contributed by atoms with Crippen molar-refractivity contribution in [2.75, 3.05) is 6.79 Å². The maximum atomic E-state index is 5.55. The Morgan fingerprint density at radius 3 is 2.75 bits per heavy atom. The molecule has 0 fully saturated rings. The van der Waals surface area contributed by atoms with Gasteiger partial charge in [-0.25, -0.2) is 4.68 Å². The van der Waals surface area contributed by atoms with Gasteiger partial charge in [-0.3, -0.25) is 4.57 Å². The molecule has 164 valence electrons. The number of fused-ring (bicyclic) bond motifs is 1. The zero-order valence-electron chi connectivity index (χ0n) is 17.7. The van der Waals surface area contributed by atoms with E-state index in [0.29, 0.717) is 12.3 Å². The van der Waals surface area contributed by atoms with E-state index in [1.807, 2.05) is 53.2 Å². The molecule has 1 aliphatic heterocycles. The van der Waals surface area contributed by atoms with Gasteiger partial charge in [0.25, 0.3) is 0 Å². The molecule has 4 aromatic rings. The van der Waals surface area contributed by atoms with Crippen LogP contribution in [0, 0.1) is 0 Å². The first-order valence-corrected chi connectivity index (χ1v) is 11.6. The summed E-state index contributed by atoms with van der Waals surface area (Å²) >= 11 is 1.58. The molecule has 0 N–H and O–H groups in total. The van der Waals surface area contributed by atoms with Gasteiger partial charge in [0.2, 0.25) is 6.79 Å². The summed E-state index contributed by atoms with van der Waals surface area (Å²) in [5.41, 5.74) is 2.10. The summed E-state index contributed by atoms with van der Waals surface area (Å²) in [4.78, 5) is 0. The number of unbranched alkanes of at least 4 members (excludes halogenated alkanes) is 1. The van der Waals surface area contributed by atoms with Crippen LogP contribution >= 0.6 is 11.8 Å². The molecule has 3 heterocycles. The number of aryl methyl sites for hydroxylation is 1. The molecule has 0 radical (unpaired) electrons. The summed E-state index contributed by atoms with van der Waals surface area (Å²) in [6.07, 6.45) is 2.14. The van der Waals surface area contributed by atoms with E-state index in [9.17, 15) is 0 Å². The lowest BCUT2D eigenvalue weighted by Gasteiger charge is -2.11. The average Bonchev–Trinajstić information content (AvgIpc) is 3.56. The van der Waals surface area contributed by atoms with Gasteiger partial charge < -0.3 is 9.47 Å². The van der Waals surface area contributed by atoms with Gasteiger partial charge in [-0.2, -0.15) is 0 Å². The van der Waals surface area contributed by atoms with Gasteiger partial charge in [-0.15, -0.1) is 15.3 Å². The molecule has 0 saturated carbocycles.